The first kappa shape index (κ1) is 18.4. The topological polar surface area (TPSA) is 75.7 Å². The van der Waals surface area contributed by atoms with Crippen molar-refractivity contribution in [3.05, 3.63) is 65.2 Å². The summed E-state index contributed by atoms with van der Waals surface area (Å²) < 4.78 is 31.5. The zero-order valence-electron chi connectivity index (χ0n) is 14.8. The summed E-state index contributed by atoms with van der Waals surface area (Å²) in [7, 11) is -3.48. The third kappa shape index (κ3) is 4.42. The van der Waals surface area contributed by atoms with Gasteiger partial charge in [0.2, 0.25) is 10.0 Å². The van der Waals surface area contributed by atoms with E-state index < -0.39 is 10.0 Å². The second-order valence-corrected chi connectivity index (χ2v) is 8.19. The molecule has 7 heteroatoms. The summed E-state index contributed by atoms with van der Waals surface area (Å²) in [6.45, 7) is 3.20. The maximum absolute atomic E-state index is 13.1. The van der Waals surface area contributed by atoms with Crippen LogP contribution in [0.3, 0.4) is 0 Å². The number of ether oxygens (including phenoxy) is 1. The van der Waals surface area contributed by atoms with E-state index in [-0.39, 0.29) is 12.0 Å². The Morgan fingerprint density at radius 1 is 1.19 bits per heavy atom. The average Bonchev–Trinajstić information content (AvgIpc) is 2.62. The summed E-state index contributed by atoms with van der Waals surface area (Å²) in [6, 6.07) is 14.9. The number of carbonyl (C=O) groups excluding carboxylic acids is 1. The van der Waals surface area contributed by atoms with Gasteiger partial charge in [-0.2, -0.15) is 0 Å². The molecule has 1 aliphatic rings. The van der Waals surface area contributed by atoms with Crippen LogP contribution in [-0.4, -0.2) is 45.2 Å². The molecule has 138 valence electrons. The molecular formula is C19H22N2O4S. The van der Waals surface area contributed by atoms with Gasteiger partial charge >= 0.3 is 0 Å². The van der Waals surface area contributed by atoms with Gasteiger partial charge in [0.25, 0.3) is 5.91 Å². The largest absolute Gasteiger partial charge is 0.370 e. The number of carbonyl (C=O) groups is 1. The second kappa shape index (κ2) is 7.47. The number of amides is 1. The smallest absolute Gasteiger partial charge is 0.256 e. The molecule has 1 saturated heterocycles. The van der Waals surface area contributed by atoms with Gasteiger partial charge in [-0.15, -0.1) is 0 Å². The Labute approximate surface area is 153 Å². The fourth-order valence-electron chi connectivity index (χ4n) is 3.00. The normalized spacial score (nSPS) is 17.8. The fourth-order valence-corrected chi connectivity index (χ4v) is 3.57. The molecule has 1 fully saturated rings. The highest BCUT2D eigenvalue weighted by Gasteiger charge is 2.27. The number of anilines is 1. The van der Waals surface area contributed by atoms with Gasteiger partial charge in [0.15, 0.2) is 0 Å². The molecule has 0 aromatic heterocycles. The van der Waals surface area contributed by atoms with Gasteiger partial charge in [-0.1, -0.05) is 42.0 Å². The van der Waals surface area contributed by atoms with Crippen LogP contribution in [0.15, 0.2) is 48.5 Å². The van der Waals surface area contributed by atoms with Gasteiger partial charge in [0, 0.05) is 6.54 Å². The van der Waals surface area contributed by atoms with E-state index in [1.807, 2.05) is 37.3 Å². The van der Waals surface area contributed by atoms with E-state index in [2.05, 4.69) is 4.72 Å². The SMILES string of the molecule is Cc1ccc(NS(C)(=O)=O)c(C(=O)N2CCO[C@H](c3ccccc3)C2)c1. The maximum atomic E-state index is 13.1. The van der Waals surface area contributed by atoms with Crippen LogP contribution >= 0.6 is 0 Å². The fraction of sp³-hybridized carbons (Fsp3) is 0.316. The number of aryl methyl sites for hydroxylation is 1. The highest BCUT2D eigenvalue weighted by molar-refractivity contribution is 7.92. The van der Waals surface area contributed by atoms with Gasteiger partial charge in [-0.25, -0.2) is 8.42 Å². The minimum atomic E-state index is -3.48. The Morgan fingerprint density at radius 3 is 2.62 bits per heavy atom. The Kier molecular flexibility index (Phi) is 5.29. The molecule has 1 N–H and O–H groups in total. The molecule has 0 aliphatic carbocycles. The number of nitrogens with one attached hydrogen (secondary N) is 1. The van der Waals surface area contributed by atoms with Crippen molar-refractivity contribution in [3.8, 4) is 0 Å². The molecule has 26 heavy (non-hydrogen) atoms. The first-order chi connectivity index (χ1) is 12.3. The number of rotatable bonds is 4. The third-order valence-electron chi connectivity index (χ3n) is 4.23. The highest BCUT2D eigenvalue weighted by Crippen LogP contribution is 2.26. The van der Waals surface area contributed by atoms with Gasteiger partial charge < -0.3 is 9.64 Å². The first-order valence-electron chi connectivity index (χ1n) is 8.38. The molecule has 2 aromatic carbocycles. The molecule has 1 atom stereocenters. The lowest BCUT2D eigenvalue weighted by molar-refractivity contribution is -0.0227. The minimum Gasteiger partial charge on any atom is -0.370 e. The molecule has 1 aliphatic heterocycles. The lowest BCUT2D eigenvalue weighted by atomic mass is 10.1. The molecule has 2 aromatic rings. The van der Waals surface area contributed by atoms with E-state index >= 15 is 0 Å². The summed E-state index contributed by atoms with van der Waals surface area (Å²) in [5.74, 6) is -0.205. The van der Waals surface area contributed by atoms with E-state index in [9.17, 15) is 13.2 Å². The molecule has 6 nitrogen and oxygen atoms in total. The zero-order chi connectivity index (χ0) is 18.7. The number of morpholine rings is 1. The Balaban J connectivity index is 1.86. The quantitative estimate of drug-likeness (QED) is 0.892. The van der Waals surface area contributed by atoms with Gasteiger partial charge in [-0.3, -0.25) is 9.52 Å². The van der Waals surface area contributed by atoms with Crippen molar-refractivity contribution >= 4 is 21.6 Å². The van der Waals surface area contributed by atoms with Crippen molar-refractivity contribution in [2.24, 2.45) is 0 Å². The van der Waals surface area contributed by atoms with Crippen molar-refractivity contribution < 1.29 is 17.9 Å². The third-order valence-corrected chi connectivity index (χ3v) is 4.82. The van der Waals surface area contributed by atoms with Crippen molar-refractivity contribution in [1.29, 1.82) is 0 Å². The minimum absolute atomic E-state index is 0.190. The molecule has 0 spiro atoms. The van der Waals surface area contributed by atoms with Crippen LogP contribution in [0, 0.1) is 6.92 Å². The second-order valence-electron chi connectivity index (χ2n) is 6.44. The summed E-state index contributed by atoms with van der Waals surface area (Å²) >= 11 is 0. The number of hydrogen-bond acceptors (Lipinski definition) is 4. The molecule has 3 rings (SSSR count). The van der Waals surface area contributed by atoms with Crippen LogP contribution < -0.4 is 4.72 Å². The van der Waals surface area contributed by atoms with E-state index in [0.29, 0.717) is 30.9 Å². The lowest BCUT2D eigenvalue weighted by Gasteiger charge is -2.33. The Morgan fingerprint density at radius 2 is 1.92 bits per heavy atom. The Bertz CT molecular complexity index is 897. The average molecular weight is 374 g/mol. The number of benzene rings is 2. The summed E-state index contributed by atoms with van der Waals surface area (Å²) in [6.07, 6.45) is 0.881. The first-order valence-corrected chi connectivity index (χ1v) is 10.3. The summed E-state index contributed by atoms with van der Waals surface area (Å²) in [5.41, 5.74) is 2.55. The lowest BCUT2D eigenvalue weighted by Crippen LogP contribution is -2.42. The molecule has 1 amide bonds. The maximum Gasteiger partial charge on any atom is 0.256 e. The van der Waals surface area contributed by atoms with Crippen LogP contribution in [0.1, 0.15) is 27.6 Å². The van der Waals surface area contributed by atoms with E-state index in [1.54, 1.807) is 23.1 Å². The van der Waals surface area contributed by atoms with Crippen molar-refractivity contribution in [2.45, 2.75) is 13.0 Å². The predicted molar refractivity (Wildman–Crippen MR) is 101 cm³/mol. The van der Waals surface area contributed by atoms with Crippen molar-refractivity contribution in [1.82, 2.24) is 4.90 Å². The van der Waals surface area contributed by atoms with Crippen LogP contribution in [-0.2, 0) is 14.8 Å². The van der Waals surface area contributed by atoms with Crippen LogP contribution in [0.5, 0.6) is 0 Å². The molecule has 0 radical (unpaired) electrons. The van der Waals surface area contributed by atoms with E-state index in [1.165, 1.54) is 0 Å². The summed E-state index contributed by atoms with van der Waals surface area (Å²) in [5, 5.41) is 0. The monoisotopic (exact) mass is 374 g/mol. The molecule has 1 heterocycles. The summed E-state index contributed by atoms with van der Waals surface area (Å²) in [4.78, 5) is 14.8. The zero-order valence-corrected chi connectivity index (χ0v) is 15.6. The number of sulfonamides is 1. The molecule has 0 bridgehead atoms. The Hall–Kier alpha value is -2.38. The van der Waals surface area contributed by atoms with Crippen LogP contribution in [0.4, 0.5) is 5.69 Å². The van der Waals surface area contributed by atoms with Gasteiger partial charge in [-0.05, 0) is 24.6 Å². The predicted octanol–water partition coefficient (Wildman–Crippen LogP) is 2.58. The number of nitrogens with zero attached hydrogens (tertiary/aromatic N) is 1. The van der Waals surface area contributed by atoms with E-state index in [4.69, 9.17) is 4.74 Å². The van der Waals surface area contributed by atoms with Crippen LogP contribution in [0.25, 0.3) is 0 Å². The molecule has 0 saturated carbocycles. The van der Waals surface area contributed by atoms with Gasteiger partial charge in [0.05, 0.1) is 30.7 Å². The van der Waals surface area contributed by atoms with Gasteiger partial charge in [0.1, 0.15) is 6.10 Å². The molecule has 0 unspecified atom stereocenters. The number of hydrogen-bond donors (Lipinski definition) is 1. The van der Waals surface area contributed by atoms with Crippen molar-refractivity contribution in [3.63, 3.8) is 0 Å². The standard InChI is InChI=1S/C19H22N2O4S/c1-14-8-9-17(20-26(2,23)24)16(12-14)19(22)21-10-11-25-18(13-21)15-6-4-3-5-7-15/h3-9,12,18,20H,10-11,13H2,1-2H3/t18-/m0/s1. The van der Waals surface area contributed by atoms with E-state index in [0.717, 1.165) is 17.4 Å². The van der Waals surface area contributed by atoms with Crippen LogP contribution in [0.2, 0.25) is 0 Å². The van der Waals surface area contributed by atoms with Crippen molar-refractivity contribution in [2.75, 3.05) is 30.7 Å². The molecular weight excluding hydrogens is 352 g/mol. The highest BCUT2D eigenvalue weighted by atomic mass is 32.2.